The van der Waals surface area contributed by atoms with Crippen molar-refractivity contribution in [2.45, 2.75) is 44.2 Å². The lowest BCUT2D eigenvalue weighted by molar-refractivity contribution is -0.125. The van der Waals surface area contributed by atoms with Crippen LogP contribution in [0.3, 0.4) is 0 Å². The zero-order chi connectivity index (χ0) is 19.7. The van der Waals surface area contributed by atoms with Crippen LogP contribution in [-0.2, 0) is 11.3 Å². The highest BCUT2D eigenvalue weighted by Crippen LogP contribution is 2.38. The summed E-state index contributed by atoms with van der Waals surface area (Å²) in [5.41, 5.74) is 0.348. The van der Waals surface area contributed by atoms with E-state index in [4.69, 9.17) is 20.9 Å². The van der Waals surface area contributed by atoms with Crippen LogP contribution in [0.15, 0.2) is 22.7 Å². The second-order valence-corrected chi connectivity index (χ2v) is 7.48. The molecular weight excluding hydrogens is 384 g/mol. The number of carbonyl (C=O) groups excluding carboxylic acids is 2. The van der Waals surface area contributed by atoms with Crippen LogP contribution in [0.1, 0.15) is 53.7 Å². The molecule has 1 N–H and O–H groups in total. The minimum Gasteiger partial charge on any atom is -0.496 e. The van der Waals surface area contributed by atoms with Crippen LogP contribution in [0.4, 0.5) is 0 Å². The standard InChI is InChI=1S/C19H21ClN4O4/c1-27-15-7-6-12(20)9-13(15)19(26)24-8-2-3-14(24)18(25)21-10-16-22-17(23-28-16)11-4-5-11/h6-7,9,11,14H,2-5,8,10H2,1H3,(H,21,25). The van der Waals surface area contributed by atoms with Gasteiger partial charge in [0.25, 0.3) is 5.91 Å². The van der Waals surface area contributed by atoms with Crippen LogP contribution >= 0.6 is 11.6 Å². The van der Waals surface area contributed by atoms with E-state index in [1.54, 1.807) is 23.1 Å². The largest absolute Gasteiger partial charge is 0.496 e. The highest BCUT2D eigenvalue weighted by molar-refractivity contribution is 6.31. The Kier molecular flexibility index (Phi) is 5.21. The Balaban J connectivity index is 1.42. The average Bonchev–Trinajstić information content (AvgIpc) is 3.24. The molecule has 28 heavy (non-hydrogen) atoms. The van der Waals surface area contributed by atoms with Crippen LogP contribution in [0.25, 0.3) is 0 Å². The molecule has 1 saturated carbocycles. The zero-order valence-electron chi connectivity index (χ0n) is 15.5. The maximum atomic E-state index is 13.0. The number of hydrogen-bond acceptors (Lipinski definition) is 6. The Hall–Kier alpha value is -2.61. The third kappa shape index (κ3) is 3.82. The van der Waals surface area contributed by atoms with Crippen molar-refractivity contribution in [2.75, 3.05) is 13.7 Å². The summed E-state index contributed by atoms with van der Waals surface area (Å²) in [4.78, 5) is 31.6. The van der Waals surface area contributed by atoms with Gasteiger partial charge in [-0.1, -0.05) is 16.8 Å². The Morgan fingerprint density at radius 3 is 2.93 bits per heavy atom. The van der Waals surface area contributed by atoms with Gasteiger partial charge in [0, 0.05) is 17.5 Å². The number of methoxy groups -OCH3 is 1. The van der Waals surface area contributed by atoms with Gasteiger partial charge in [0.1, 0.15) is 11.8 Å². The Bertz CT molecular complexity index is 896. The van der Waals surface area contributed by atoms with E-state index < -0.39 is 6.04 Å². The maximum Gasteiger partial charge on any atom is 0.258 e. The number of benzene rings is 1. The summed E-state index contributed by atoms with van der Waals surface area (Å²) < 4.78 is 10.5. The van der Waals surface area contributed by atoms with Gasteiger partial charge in [0.05, 0.1) is 19.2 Å². The average molecular weight is 405 g/mol. The highest BCUT2D eigenvalue weighted by Gasteiger charge is 2.36. The Labute approximate surface area is 167 Å². The molecule has 1 atom stereocenters. The van der Waals surface area contributed by atoms with Crippen molar-refractivity contribution in [3.63, 3.8) is 0 Å². The van der Waals surface area contributed by atoms with E-state index in [1.807, 2.05) is 0 Å². The third-order valence-electron chi connectivity index (χ3n) is 5.05. The molecule has 8 nitrogen and oxygen atoms in total. The van der Waals surface area contributed by atoms with Gasteiger partial charge >= 0.3 is 0 Å². The second-order valence-electron chi connectivity index (χ2n) is 7.04. The van der Waals surface area contributed by atoms with Crippen molar-refractivity contribution in [3.05, 3.63) is 40.5 Å². The summed E-state index contributed by atoms with van der Waals surface area (Å²) in [5.74, 6) is 1.39. The highest BCUT2D eigenvalue weighted by atomic mass is 35.5. The number of amides is 2. The number of aromatic nitrogens is 2. The molecule has 0 bridgehead atoms. The molecule has 9 heteroatoms. The molecule has 2 amide bonds. The number of nitrogens with one attached hydrogen (secondary N) is 1. The fourth-order valence-corrected chi connectivity index (χ4v) is 3.58. The number of halogens is 1. The van der Waals surface area contributed by atoms with Gasteiger partial charge in [-0.05, 0) is 43.9 Å². The summed E-state index contributed by atoms with van der Waals surface area (Å²) in [6.45, 7) is 0.649. The molecule has 2 heterocycles. The minimum atomic E-state index is -0.554. The van der Waals surface area contributed by atoms with Crippen molar-refractivity contribution >= 4 is 23.4 Å². The van der Waals surface area contributed by atoms with Gasteiger partial charge in [-0.3, -0.25) is 9.59 Å². The van der Waals surface area contributed by atoms with Gasteiger partial charge in [0.2, 0.25) is 11.8 Å². The van der Waals surface area contributed by atoms with Crippen molar-refractivity contribution in [1.82, 2.24) is 20.4 Å². The van der Waals surface area contributed by atoms with Crippen LogP contribution in [0.2, 0.25) is 5.02 Å². The summed E-state index contributed by atoms with van der Waals surface area (Å²) in [7, 11) is 1.49. The van der Waals surface area contributed by atoms with Gasteiger partial charge < -0.3 is 19.5 Å². The quantitative estimate of drug-likeness (QED) is 0.794. The molecule has 1 unspecified atom stereocenters. The molecule has 1 saturated heterocycles. The molecule has 1 aliphatic heterocycles. The van der Waals surface area contributed by atoms with E-state index in [0.29, 0.717) is 46.9 Å². The topological polar surface area (TPSA) is 97.6 Å². The summed E-state index contributed by atoms with van der Waals surface area (Å²) in [6, 6.07) is 4.31. The molecule has 1 aromatic heterocycles. The maximum absolute atomic E-state index is 13.0. The molecule has 2 aromatic rings. The van der Waals surface area contributed by atoms with Gasteiger partial charge in [0.15, 0.2) is 5.82 Å². The Morgan fingerprint density at radius 1 is 1.36 bits per heavy atom. The van der Waals surface area contributed by atoms with Crippen LogP contribution in [0, 0.1) is 0 Å². The number of ether oxygens (including phenoxy) is 1. The van der Waals surface area contributed by atoms with E-state index in [9.17, 15) is 9.59 Å². The molecule has 2 aliphatic rings. The van der Waals surface area contributed by atoms with Crippen LogP contribution in [0.5, 0.6) is 5.75 Å². The first-order valence-electron chi connectivity index (χ1n) is 9.31. The van der Waals surface area contributed by atoms with Crippen molar-refractivity contribution < 1.29 is 18.8 Å². The molecule has 1 aliphatic carbocycles. The number of likely N-dealkylation sites (tertiary alicyclic amines) is 1. The SMILES string of the molecule is COc1ccc(Cl)cc1C(=O)N1CCCC1C(=O)NCc1nc(C2CC2)no1. The fourth-order valence-electron chi connectivity index (χ4n) is 3.41. The normalized spacial score (nSPS) is 18.9. The van der Waals surface area contributed by atoms with Crippen LogP contribution in [-0.4, -0.2) is 46.6 Å². The number of carbonyl (C=O) groups is 2. The second kappa shape index (κ2) is 7.79. The lowest BCUT2D eigenvalue weighted by Crippen LogP contribution is -2.45. The minimum absolute atomic E-state index is 0.150. The molecule has 2 fully saturated rings. The molecule has 4 rings (SSSR count). The predicted octanol–water partition coefficient (Wildman–Crippen LogP) is 2.53. The molecule has 148 valence electrons. The van der Waals surface area contributed by atoms with Gasteiger partial charge in [-0.2, -0.15) is 4.98 Å². The van der Waals surface area contributed by atoms with E-state index in [0.717, 1.165) is 19.3 Å². The van der Waals surface area contributed by atoms with Gasteiger partial charge in [-0.25, -0.2) is 0 Å². The Morgan fingerprint density at radius 2 is 2.18 bits per heavy atom. The number of hydrogen-bond donors (Lipinski definition) is 1. The predicted molar refractivity (Wildman–Crippen MR) is 100 cm³/mol. The molecule has 0 radical (unpaired) electrons. The molecular formula is C19H21ClN4O4. The van der Waals surface area contributed by atoms with E-state index in [2.05, 4.69) is 15.5 Å². The van der Waals surface area contributed by atoms with E-state index >= 15 is 0 Å². The monoisotopic (exact) mass is 404 g/mol. The first kappa shape index (κ1) is 18.7. The first-order valence-corrected chi connectivity index (χ1v) is 9.69. The lowest BCUT2D eigenvalue weighted by atomic mass is 10.1. The number of rotatable bonds is 6. The van der Waals surface area contributed by atoms with Crippen molar-refractivity contribution in [3.8, 4) is 5.75 Å². The first-order chi connectivity index (χ1) is 13.6. The fraction of sp³-hybridized carbons (Fsp3) is 0.474. The summed E-state index contributed by atoms with van der Waals surface area (Å²) in [6.07, 6.45) is 3.51. The van der Waals surface area contributed by atoms with Crippen LogP contribution < -0.4 is 10.1 Å². The van der Waals surface area contributed by atoms with Crippen molar-refractivity contribution in [2.24, 2.45) is 0 Å². The van der Waals surface area contributed by atoms with E-state index in [1.165, 1.54) is 7.11 Å². The third-order valence-corrected chi connectivity index (χ3v) is 5.28. The summed E-state index contributed by atoms with van der Waals surface area (Å²) in [5, 5.41) is 7.18. The van der Waals surface area contributed by atoms with Crippen molar-refractivity contribution in [1.29, 1.82) is 0 Å². The molecule has 0 spiro atoms. The number of nitrogens with zero attached hydrogens (tertiary/aromatic N) is 3. The molecule has 1 aromatic carbocycles. The van der Waals surface area contributed by atoms with Gasteiger partial charge in [-0.15, -0.1) is 0 Å². The van der Waals surface area contributed by atoms with E-state index in [-0.39, 0.29) is 18.4 Å². The summed E-state index contributed by atoms with van der Waals surface area (Å²) >= 11 is 6.04. The zero-order valence-corrected chi connectivity index (χ0v) is 16.2. The smallest absolute Gasteiger partial charge is 0.258 e. The lowest BCUT2D eigenvalue weighted by Gasteiger charge is -2.24.